The lowest BCUT2D eigenvalue weighted by Gasteiger charge is -1.91. The first-order valence-corrected chi connectivity index (χ1v) is 3.72. The van der Waals surface area contributed by atoms with Gasteiger partial charge >= 0.3 is 8.25 Å². The monoisotopic (exact) mass is 154 g/mol. The highest BCUT2D eigenvalue weighted by molar-refractivity contribution is 7.30. The van der Waals surface area contributed by atoms with Gasteiger partial charge in [0.25, 0.3) is 0 Å². The van der Waals surface area contributed by atoms with Gasteiger partial charge < -0.3 is 5.73 Å². The minimum atomic E-state index is -2.87. The van der Waals surface area contributed by atoms with Crippen molar-refractivity contribution in [1.29, 1.82) is 0 Å². The number of hydrogen-bond acceptors (Lipinski definition) is 2. The molecule has 0 aromatic rings. The Balaban J connectivity index is 0. The van der Waals surface area contributed by atoms with E-state index < -0.39 is 8.25 Å². The Kier molecular flexibility index (Phi) is 10.4. The molecule has 0 rings (SSSR count). The molecule has 0 atom stereocenters. The first kappa shape index (κ1) is 11.7. The van der Waals surface area contributed by atoms with E-state index in [0.717, 1.165) is 6.54 Å². The fourth-order valence-corrected chi connectivity index (χ4v) is 0. The summed E-state index contributed by atoms with van der Waals surface area (Å²) in [6, 6.07) is 0. The van der Waals surface area contributed by atoms with Gasteiger partial charge in [0.15, 0.2) is 0 Å². The standard InChI is InChI=1S/C4H11N.HO3P/c1-4(2)3-5;1-4(2)3/h4H,3,5H2,1-2H3;(H-,1,2,3)/p+1. The van der Waals surface area contributed by atoms with Crippen LogP contribution in [0.25, 0.3) is 0 Å². The van der Waals surface area contributed by atoms with E-state index in [4.69, 9.17) is 20.1 Å². The molecular formula is C4H13NO3P+. The topological polar surface area (TPSA) is 83.6 Å². The molecule has 0 aliphatic carbocycles. The van der Waals surface area contributed by atoms with Gasteiger partial charge in [0, 0.05) is 4.57 Å². The van der Waals surface area contributed by atoms with Gasteiger partial charge in [0.1, 0.15) is 0 Å². The molecule has 0 bridgehead atoms. The van der Waals surface area contributed by atoms with E-state index in [9.17, 15) is 0 Å². The average molecular weight is 154 g/mol. The largest absolute Gasteiger partial charge is 0.692 e. The van der Waals surface area contributed by atoms with Gasteiger partial charge in [-0.05, 0) is 12.5 Å². The Morgan fingerprint density at radius 1 is 1.56 bits per heavy atom. The molecule has 4 nitrogen and oxygen atoms in total. The van der Waals surface area contributed by atoms with Crippen LogP contribution in [0.4, 0.5) is 0 Å². The van der Waals surface area contributed by atoms with Crippen molar-refractivity contribution in [1.82, 2.24) is 0 Å². The number of hydrogen-bond donors (Lipinski definition) is 3. The minimum Gasteiger partial charge on any atom is -0.330 e. The Hall–Kier alpha value is -0.0200. The molecule has 56 valence electrons. The lowest BCUT2D eigenvalue weighted by Crippen LogP contribution is -2.05. The SMILES string of the molecule is CC(C)CN.O=[P+](O)O. The fraction of sp³-hybridized carbons (Fsp3) is 1.00. The highest BCUT2D eigenvalue weighted by atomic mass is 31.1. The second kappa shape index (κ2) is 7.98. The van der Waals surface area contributed by atoms with E-state index in [1.807, 2.05) is 0 Å². The third-order valence-corrected chi connectivity index (χ3v) is 0.471. The van der Waals surface area contributed by atoms with Crippen LogP contribution in [0.2, 0.25) is 0 Å². The molecule has 0 fully saturated rings. The molecule has 0 spiro atoms. The molecular weight excluding hydrogens is 141 g/mol. The average Bonchev–Trinajstić information content (AvgIpc) is 1.65. The first-order valence-electron chi connectivity index (χ1n) is 2.55. The molecule has 0 aliphatic rings. The number of nitrogens with two attached hydrogens (primary N) is 1. The predicted octanol–water partition coefficient (Wildman–Crippen LogP) is 0.229. The van der Waals surface area contributed by atoms with Crippen LogP contribution < -0.4 is 5.73 Å². The summed E-state index contributed by atoms with van der Waals surface area (Å²) in [7, 11) is -2.87. The second-order valence-electron chi connectivity index (χ2n) is 1.88. The maximum Gasteiger partial charge on any atom is 0.692 e. The molecule has 0 amide bonds. The van der Waals surface area contributed by atoms with E-state index >= 15 is 0 Å². The molecule has 0 aliphatic heterocycles. The second-order valence-corrected chi connectivity index (χ2v) is 2.39. The highest BCUT2D eigenvalue weighted by Crippen LogP contribution is 1.98. The Labute approximate surface area is 55.6 Å². The van der Waals surface area contributed by atoms with Crippen molar-refractivity contribution in [2.45, 2.75) is 13.8 Å². The molecule has 0 unspecified atom stereocenters. The van der Waals surface area contributed by atoms with E-state index in [1.54, 1.807) is 0 Å². The molecule has 0 radical (unpaired) electrons. The van der Waals surface area contributed by atoms with Gasteiger partial charge in [-0.1, -0.05) is 13.8 Å². The quantitative estimate of drug-likeness (QED) is 0.472. The van der Waals surface area contributed by atoms with Crippen LogP contribution >= 0.6 is 8.25 Å². The van der Waals surface area contributed by atoms with Crippen LogP contribution in [0.3, 0.4) is 0 Å². The molecule has 9 heavy (non-hydrogen) atoms. The smallest absolute Gasteiger partial charge is 0.330 e. The van der Waals surface area contributed by atoms with Gasteiger partial charge in [-0.15, -0.1) is 9.79 Å². The summed E-state index contributed by atoms with van der Waals surface area (Å²) in [5.41, 5.74) is 5.17. The van der Waals surface area contributed by atoms with Crippen LogP contribution in [0.15, 0.2) is 0 Å². The van der Waals surface area contributed by atoms with Gasteiger partial charge in [-0.25, -0.2) is 0 Å². The summed E-state index contributed by atoms with van der Waals surface area (Å²) in [5, 5.41) is 0. The summed E-state index contributed by atoms with van der Waals surface area (Å²) >= 11 is 0. The Morgan fingerprint density at radius 2 is 1.67 bits per heavy atom. The molecule has 0 aromatic carbocycles. The van der Waals surface area contributed by atoms with Crippen LogP contribution in [0.1, 0.15) is 13.8 Å². The zero-order valence-corrected chi connectivity index (χ0v) is 6.51. The maximum absolute atomic E-state index is 8.70. The van der Waals surface area contributed by atoms with Crippen LogP contribution in [-0.2, 0) is 4.57 Å². The molecule has 5 heteroatoms. The van der Waals surface area contributed by atoms with Crippen molar-refractivity contribution in [2.75, 3.05) is 6.54 Å². The lowest BCUT2D eigenvalue weighted by molar-refractivity contribution is 0.405. The van der Waals surface area contributed by atoms with Crippen LogP contribution in [-0.4, -0.2) is 16.3 Å². The van der Waals surface area contributed by atoms with E-state index in [1.165, 1.54) is 0 Å². The van der Waals surface area contributed by atoms with Gasteiger partial charge in [-0.3, -0.25) is 0 Å². The van der Waals surface area contributed by atoms with E-state index in [-0.39, 0.29) is 0 Å². The Bertz CT molecular complexity index is 72.2. The third-order valence-electron chi connectivity index (χ3n) is 0.471. The van der Waals surface area contributed by atoms with Crippen molar-refractivity contribution in [2.24, 2.45) is 11.7 Å². The summed E-state index contributed by atoms with van der Waals surface area (Å²) < 4.78 is 8.70. The van der Waals surface area contributed by atoms with Crippen LogP contribution in [0, 0.1) is 5.92 Å². The van der Waals surface area contributed by atoms with Crippen molar-refractivity contribution in [3.8, 4) is 0 Å². The Morgan fingerprint density at radius 3 is 1.67 bits per heavy atom. The normalized spacial score (nSPS) is 8.22. The van der Waals surface area contributed by atoms with Gasteiger partial charge in [0.05, 0.1) is 0 Å². The van der Waals surface area contributed by atoms with Gasteiger partial charge in [0.2, 0.25) is 0 Å². The summed E-state index contributed by atoms with van der Waals surface area (Å²) in [4.78, 5) is 14.2. The molecule has 0 saturated carbocycles. The molecule has 0 aromatic heterocycles. The summed E-state index contributed by atoms with van der Waals surface area (Å²) in [5.74, 6) is 0.662. The zero-order valence-electron chi connectivity index (χ0n) is 5.61. The van der Waals surface area contributed by atoms with Crippen molar-refractivity contribution in [3.63, 3.8) is 0 Å². The van der Waals surface area contributed by atoms with E-state index in [0.29, 0.717) is 5.92 Å². The van der Waals surface area contributed by atoms with Gasteiger partial charge in [-0.2, -0.15) is 0 Å². The minimum absolute atomic E-state index is 0.662. The third kappa shape index (κ3) is 72.8. The lowest BCUT2D eigenvalue weighted by atomic mass is 10.2. The molecule has 4 N–H and O–H groups in total. The fourth-order valence-electron chi connectivity index (χ4n) is 0. The first-order chi connectivity index (χ1) is 4.00. The van der Waals surface area contributed by atoms with Crippen LogP contribution in [0.5, 0.6) is 0 Å². The summed E-state index contributed by atoms with van der Waals surface area (Å²) in [6.07, 6.45) is 0. The maximum atomic E-state index is 8.70. The molecule has 0 saturated heterocycles. The van der Waals surface area contributed by atoms with Crippen molar-refractivity contribution < 1.29 is 14.4 Å². The number of rotatable bonds is 1. The van der Waals surface area contributed by atoms with E-state index in [2.05, 4.69) is 13.8 Å². The highest BCUT2D eigenvalue weighted by Gasteiger charge is 1.93. The molecule has 0 heterocycles. The van der Waals surface area contributed by atoms with Crippen molar-refractivity contribution >= 4 is 8.25 Å². The predicted molar refractivity (Wildman–Crippen MR) is 35.9 cm³/mol. The zero-order chi connectivity index (χ0) is 7.86. The van der Waals surface area contributed by atoms with Crippen molar-refractivity contribution in [3.05, 3.63) is 0 Å². The summed E-state index contributed by atoms with van der Waals surface area (Å²) in [6.45, 7) is 5.00.